The Kier molecular flexibility index (Phi) is 5.40. The molecule has 0 aliphatic rings. The summed E-state index contributed by atoms with van der Waals surface area (Å²) in [5.74, 6) is 1.38. The SMILES string of the molecule is COc1cccc(CC(O)Cc2ccc(C(C)C)cc2)c1. The Morgan fingerprint density at radius 1 is 0.952 bits per heavy atom. The highest BCUT2D eigenvalue weighted by Gasteiger charge is 2.08. The number of hydrogen-bond acceptors (Lipinski definition) is 2. The van der Waals surface area contributed by atoms with E-state index in [0.29, 0.717) is 18.8 Å². The molecule has 0 aliphatic heterocycles. The predicted molar refractivity (Wildman–Crippen MR) is 86.9 cm³/mol. The molecule has 2 aromatic carbocycles. The van der Waals surface area contributed by atoms with Crippen molar-refractivity contribution in [3.63, 3.8) is 0 Å². The Bertz CT molecular complexity index is 558. The van der Waals surface area contributed by atoms with Crippen molar-refractivity contribution < 1.29 is 9.84 Å². The van der Waals surface area contributed by atoms with Crippen LogP contribution >= 0.6 is 0 Å². The predicted octanol–water partition coefficient (Wildman–Crippen LogP) is 3.96. The minimum absolute atomic E-state index is 0.373. The minimum atomic E-state index is -0.373. The third kappa shape index (κ3) is 4.61. The summed E-state index contributed by atoms with van der Waals surface area (Å²) in [7, 11) is 1.66. The molecule has 2 aromatic rings. The first kappa shape index (κ1) is 15.6. The van der Waals surface area contributed by atoms with Crippen LogP contribution in [0, 0.1) is 0 Å². The van der Waals surface area contributed by atoms with Crippen LogP contribution in [0.5, 0.6) is 5.75 Å². The van der Waals surface area contributed by atoms with Gasteiger partial charge in [0.15, 0.2) is 0 Å². The molecule has 2 heteroatoms. The van der Waals surface area contributed by atoms with Gasteiger partial charge in [-0.15, -0.1) is 0 Å². The topological polar surface area (TPSA) is 29.5 Å². The third-order valence-electron chi connectivity index (χ3n) is 3.72. The van der Waals surface area contributed by atoms with E-state index >= 15 is 0 Å². The van der Waals surface area contributed by atoms with Gasteiger partial charge in [-0.2, -0.15) is 0 Å². The lowest BCUT2D eigenvalue weighted by Gasteiger charge is -2.12. The normalized spacial score (nSPS) is 12.4. The third-order valence-corrected chi connectivity index (χ3v) is 3.72. The van der Waals surface area contributed by atoms with Crippen LogP contribution in [0.2, 0.25) is 0 Å². The molecule has 0 spiro atoms. The van der Waals surface area contributed by atoms with Gasteiger partial charge >= 0.3 is 0 Å². The second-order valence-corrected chi connectivity index (χ2v) is 5.81. The van der Waals surface area contributed by atoms with Crippen LogP contribution in [0.4, 0.5) is 0 Å². The van der Waals surface area contributed by atoms with Crippen LogP contribution in [0.15, 0.2) is 48.5 Å². The van der Waals surface area contributed by atoms with Crippen LogP contribution in [-0.4, -0.2) is 18.3 Å². The molecule has 0 aliphatic carbocycles. The van der Waals surface area contributed by atoms with Gasteiger partial charge in [-0.1, -0.05) is 50.2 Å². The van der Waals surface area contributed by atoms with Gasteiger partial charge in [-0.3, -0.25) is 0 Å². The van der Waals surface area contributed by atoms with E-state index in [1.807, 2.05) is 24.3 Å². The molecule has 0 aromatic heterocycles. The maximum absolute atomic E-state index is 10.3. The summed E-state index contributed by atoms with van der Waals surface area (Å²) in [5, 5.41) is 10.3. The van der Waals surface area contributed by atoms with Crippen molar-refractivity contribution >= 4 is 0 Å². The van der Waals surface area contributed by atoms with Crippen LogP contribution in [0.3, 0.4) is 0 Å². The van der Waals surface area contributed by atoms with Crippen molar-refractivity contribution in [1.82, 2.24) is 0 Å². The molecule has 21 heavy (non-hydrogen) atoms. The van der Waals surface area contributed by atoms with Gasteiger partial charge < -0.3 is 9.84 Å². The fourth-order valence-electron chi connectivity index (χ4n) is 2.45. The van der Waals surface area contributed by atoms with Gasteiger partial charge in [0.05, 0.1) is 13.2 Å². The van der Waals surface area contributed by atoms with Gasteiger partial charge in [0.2, 0.25) is 0 Å². The first-order valence-electron chi connectivity index (χ1n) is 7.48. The molecule has 0 radical (unpaired) electrons. The lowest BCUT2D eigenvalue weighted by Crippen LogP contribution is -2.14. The number of benzene rings is 2. The van der Waals surface area contributed by atoms with Gasteiger partial charge in [-0.05, 0) is 47.6 Å². The monoisotopic (exact) mass is 284 g/mol. The standard InChI is InChI=1S/C19H24O2/c1-14(2)17-9-7-15(8-10-17)11-18(20)12-16-5-4-6-19(13-16)21-3/h4-10,13-14,18,20H,11-12H2,1-3H3. The van der Waals surface area contributed by atoms with Crippen LogP contribution in [-0.2, 0) is 12.8 Å². The summed E-state index contributed by atoms with van der Waals surface area (Å²) >= 11 is 0. The van der Waals surface area contributed by atoms with Gasteiger partial charge in [0.1, 0.15) is 5.75 Å². The van der Waals surface area contributed by atoms with Crippen molar-refractivity contribution in [2.75, 3.05) is 7.11 Å². The Morgan fingerprint density at radius 2 is 1.62 bits per heavy atom. The van der Waals surface area contributed by atoms with Crippen molar-refractivity contribution in [2.45, 2.75) is 38.7 Å². The highest BCUT2D eigenvalue weighted by Crippen LogP contribution is 2.18. The van der Waals surface area contributed by atoms with Crippen LogP contribution < -0.4 is 4.74 Å². The summed E-state index contributed by atoms with van der Waals surface area (Å²) in [4.78, 5) is 0. The van der Waals surface area contributed by atoms with Crippen LogP contribution in [0.25, 0.3) is 0 Å². The molecule has 2 nitrogen and oxygen atoms in total. The molecule has 1 N–H and O–H groups in total. The summed E-state index contributed by atoms with van der Waals surface area (Å²) < 4.78 is 5.21. The number of methoxy groups -OCH3 is 1. The number of aliphatic hydroxyl groups excluding tert-OH is 1. The summed E-state index contributed by atoms with van der Waals surface area (Å²) in [5.41, 5.74) is 3.61. The Balaban J connectivity index is 1.95. The van der Waals surface area contributed by atoms with E-state index in [9.17, 15) is 5.11 Å². The molecule has 112 valence electrons. The number of aliphatic hydroxyl groups is 1. The zero-order chi connectivity index (χ0) is 15.2. The minimum Gasteiger partial charge on any atom is -0.497 e. The molecule has 0 amide bonds. The number of ether oxygens (including phenoxy) is 1. The lowest BCUT2D eigenvalue weighted by molar-refractivity contribution is 0.175. The molecule has 0 bridgehead atoms. The van der Waals surface area contributed by atoms with Gasteiger partial charge in [0.25, 0.3) is 0 Å². The van der Waals surface area contributed by atoms with E-state index in [-0.39, 0.29) is 6.10 Å². The Morgan fingerprint density at radius 3 is 2.24 bits per heavy atom. The molecular weight excluding hydrogens is 260 g/mol. The van der Waals surface area contributed by atoms with E-state index in [4.69, 9.17) is 4.74 Å². The molecule has 0 heterocycles. The van der Waals surface area contributed by atoms with E-state index in [0.717, 1.165) is 11.3 Å². The molecule has 1 unspecified atom stereocenters. The van der Waals surface area contributed by atoms with E-state index in [1.165, 1.54) is 11.1 Å². The van der Waals surface area contributed by atoms with Gasteiger partial charge in [-0.25, -0.2) is 0 Å². The van der Waals surface area contributed by atoms with Crippen molar-refractivity contribution in [3.8, 4) is 5.75 Å². The van der Waals surface area contributed by atoms with E-state index < -0.39 is 0 Å². The smallest absolute Gasteiger partial charge is 0.119 e. The summed E-state index contributed by atoms with van der Waals surface area (Å²) in [6, 6.07) is 16.4. The second kappa shape index (κ2) is 7.28. The average molecular weight is 284 g/mol. The van der Waals surface area contributed by atoms with Crippen LogP contribution in [0.1, 0.15) is 36.5 Å². The Hall–Kier alpha value is -1.80. The molecule has 0 fully saturated rings. The molecule has 1 atom stereocenters. The average Bonchev–Trinajstić information content (AvgIpc) is 2.47. The Labute approximate surface area is 127 Å². The van der Waals surface area contributed by atoms with E-state index in [1.54, 1.807) is 7.11 Å². The highest BCUT2D eigenvalue weighted by atomic mass is 16.5. The molecule has 2 rings (SSSR count). The zero-order valence-corrected chi connectivity index (χ0v) is 13.0. The summed E-state index contributed by atoms with van der Waals surface area (Å²) in [6.45, 7) is 4.37. The first-order valence-corrected chi connectivity index (χ1v) is 7.48. The number of rotatable bonds is 6. The molecule has 0 saturated heterocycles. The van der Waals surface area contributed by atoms with Gasteiger partial charge in [0, 0.05) is 0 Å². The maximum atomic E-state index is 10.3. The second-order valence-electron chi connectivity index (χ2n) is 5.81. The largest absolute Gasteiger partial charge is 0.497 e. The fourth-order valence-corrected chi connectivity index (χ4v) is 2.45. The highest BCUT2D eigenvalue weighted by molar-refractivity contribution is 5.29. The lowest BCUT2D eigenvalue weighted by atomic mass is 9.97. The molecule has 0 saturated carbocycles. The fraction of sp³-hybridized carbons (Fsp3) is 0.368. The first-order chi connectivity index (χ1) is 10.1. The molecular formula is C19H24O2. The number of hydrogen-bond donors (Lipinski definition) is 1. The quantitative estimate of drug-likeness (QED) is 0.870. The van der Waals surface area contributed by atoms with E-state index in [2.05, 4.69) is 38.1 Å². The summed E-state index contributed by atoms with van der Waals surface area (Å²) in [6.07, 6.45) is 0.945. The van der Waals surface area contributed by atoms with Crippen molar-refractivity contribution in [3.05, 3.63) is 65.2 Å². The maximum Gasteiger partial charge on any atom is 0.119 e. The van der Waals surface area contributed by atoms with Crippen molar-refractivity contribution in [1.29, 1.82) is 0 Å². The van der Waals surface area contributed by atoms with Crippen molar-refractivity contribution in [2.24, 2.45) is 0 Å². The zero-order valence-electron chi connectivity index (χ0n) is 13.0.